The SMILES string of the molecule is NC1CCC2(CC1)Cc1ccccc1O2. The Bertz CT molecular complexity index is 340. The highest BCUT2D eigenvalue weighted by atomic mass is 16.5. The predicted molar refractivity (Wildman–Crippen MR) is 59.9 cm³/mol. The molecule has 3 rings (SSSR count). The van der Waals surface area contributed by atoms with Gasteiger partial charge in [-0.3, -0.25) is 0 Å². The molecule has 1 spiro atoms. The summed E-state index contributed by atoms with van der Waals surface area (Å²) in [5.74, 6) is 1.09. The predicted octanol–water partition coefficient (Wildman–Crippen LogP) is 2.26. The number of hydrogen-bond acceptors (Lipinski definition) is 2. The number of para-hydroxylation sites is 1. The summed E-state index contributed by atoms with van der Waals surface area (Å²) in [6, 6.07) is 8.79. The van der Waals surface area contributed by atoms with Gasteiger partial charge < -0.3 is 10.5 Å². The Kier molecular flexibility index (Phi) is 1.99. The Labute approximate surface area is 90.4 Å². The molecule has 0 saturated heterocycles. The Balaban J connectivity index is 1.83. The molecule has 2 nitrogen and oxygen atoms in total. The van der Waals surface area contributed by atoms with E-state index in [-0.39, 0.29) is 5.60 Å². The van der Waals surface area contributed by atoms with Gasteiger partial charge in [-0.25, -0.2) is 0 Å². The first-order valence-corrected chi connectivity index (χ1v) is 5.80. The molecule has 2 aliphatic rings. The molecule has 1 aromatic carbocycles. The molecule has 0 radical (unpaired) electrons. The second-order valence-corrected chi connectivity index (χ2v) is 4.91. The van der Waals surface area contributed by atoms with E-state index in [0.717, 1.165) is 37.9 Å². The molecule has 1 aliphatic heterocycles. The van der Waals surface area contributed by atoms with Crippen LogP contribution < -0.4 is 10.5 Å². The number of fused-ring (bicyclic) bond motifs is 1. The van der Waals surface area contributed by atoms with Crippen molar-refractivity contribution in [3.8, 4) is 5.75 Å². The summed E-state index contributed by atoms with van der Waals surface area (Å²) in [6.07, 6.45) is 5.52. The third-order valence-corrected chi connectivity index (χ3v) is 3.75. The molecule has 0 amide bonds. The van der Waals surface area contributed by atoms with E-state index in [1.54, 1.807) is 0 Å². The molecule has 1 saturated carbocycles. The van der Waals surface area contributed by atoms with Crippen LogP contribution in [0.5, 0.6) is 5.75 Å². The molecule has 1 aliphatic carbocycles. The van der Waals surface area contributed by atoms with Crippen molar-refractivity contribution < 1.29 is 4.74 Å². The summed E-state index contributed by atoms with van der Waals surface area (Å²) in [7, 11) is 0. The van der Waals surface area contributed by atoms with E-state index in [1.807, 2.05) is 6.07 Å². The molecular formula is C13H17NO. The third-order valence-electron chi connectivity index (χ3n) is 3.75. The summed E-state index contributed by atoms with van der Waals surface area (Å²) in [6.45, 7) is 0. The smallest absolute Gasteiger partial charge is 0.123 e. The third kappa shape index (κ3) is 1.53. The van der Waals surface area contributed by atoms with Crippen molar-refractivity contribution in [2.75, 3.05) is 0 Å². The summed E-state index contributed by atoms with van der Waals surface area (Å²) >= 11 is 0. The van der Waals surface area contributed by atoms with E-state index >= 15 is 0 Å². The minimum absolute atomic E-state index is 0.0829. The van der Waals surface area contributed by atoms with Crippen molar-refractivity contribution in [1.82, 2.24) is 0 Å². The molecule has 80 valence electrons. The van der Waals surface area contributed by atoms with Crippen LogP contribution in [0.4, 0.5) is 0 Å². The van der Waals surface area contributed by atoms with Gasteiger partial charge in [-0.1, -0.05) is 18.2 Å². The molecule has 0 atom stereocenters. The summed E-state index contributed by atoms with van der Waals surface area (Å²) < 4.78 is 6.13. The van der Waals surface area contributed by atoms with Gasteiger partial charge in [0, 0.05) is 12.5 Å². The van der Waals surface area contributed by atoms with Crippen molar-refractivity contribution >= 4 is 0 Å². The molecule has 1 fully saturated rings. The molecule has 0 aromatic heterocycles. The first-order valence-electron chi connectivity index (χ1n) is 5.80. The normalized spacial score (nSPS) is 33.8. The topological polar surface area (TPSA) is 35.2 Å². The van der Waals surface area contributed by atoms with Crippen LogP contribution in [0.3, 0.4) is 0 Å². The van der Waals surface area contributed by atoms with Crippen LogP contribution in [0.15, 0.2) is 24.3 Å². The van der Waals surface area contributed by atoms with E-state index in [2.05, 4.69) is 18.2 Å². The summed E-state index contributed by atoms with van der Waals surface area (Å²) in [5.41, 5.74) is 7.39. The van der Waals surface area contributed by atoms with Crippen molar-refractivity contribution in [2.24, 2.45) is 5.73 Å². The van der Waals surface area contributed by atoms with Crippen LogP contribution in [-0.4, -0.2) is 11.6 Å². The van der Waals surface area contributed by atoms with Gasteiger partial charge in [0.1, 0.15) is 11.4 Å². The van der Waals surface area contributed by atoms with Gasteiger partial charge in [0.05, 0.1) is 0 Å². The lowest BCUT2D eigenvalue weighted by atomic mass is 9.80. The molecule has 1 heterocycles. The first-order chi connectivity index (χ1) is 7.27. The average Bonchev–Trinajstić information content (AvgIpc) is 2.61. The average molecular weight is 203 g/mol. The summed E-state index contributed by atoms with van der Waals surface area (Å²) in [5, 5.41) is 0. The van der Waals surface area contributed by atoms with E-state index in [0.29, 0.717) is 6.04 Å². The van der Waals surface area contributed by atoms with Gasteiger partial charge in [-0.2, -0.15) is 0 Å². The van der Waals surface area contributed by atoms with E-state index in [9.17, 15) is 0 Å². The fraction of sp³-hybridized carbons (Fsp3) is 0.538. The van der Waals surface area contributed by atoms with Crippen LogP contribution in [0, 0.1) is 0 Å². The summed E-state index contributed by atoms with van der Waals surface area (Å²) in [4.78, 5) is 0. The van der Waals surface area contributed by atoms with Crippen LogP contribution >= 0.6 is 0 Å². The maximum absolute atomic E-state index is 6.13. The molecule has 0 unspecified atom stereocenters. The zero-order valence-electron chi connectivity index (χ0n) is 8.91. The fourth-order valence-electron chi connectivity index (χ4n) is 2.81. The van der Waals surface area contributed by atoms with Crippen LogP contribution in [0.2, 0.25) is 0 Å². The number of rotatable bonds is 0. The van der Waals surface area contributed by atoms with Crippen molar-refractivity contribution in [1.29, 1.82) is 0 Å². The molecular weight excluding hydrogens is 186 g/mol. The van der Waals surface area contributed by atoms with Crippen LogP contribution in [0.25, 0.3) is 0 Å². The van der Waals surface area contributed by atoms with Crippen molar-refractivity contribution in [3.05, 3.63) is 29.8 Å². The Morgan fingerprint density at radius 2 is 1.93 bits per heavy atom. The van der Waals surface area contributed by atoms with Gasteiger partial charge in [-0.05, 0) is 37.3 Å². The van der Waals surface area contributed by atoms with E-state index < -0.39 is 0 Å². The highest BCUT2D eigenvalue weighted by Crippen LogP contribution is 2.42. The van der Waals surface area contributed by atoms with E-state index in [4.69, 9.17) is 10.5 Å². The van der Waals surface area contributed by atoms with Crippen molar-refractivity contribution in [2.45, 2.75) is 43.7 Å². The monoisotopic (exact) mass is 203 g/mol. The molecule has 15 heavy (non-hydrogen) atoms. The number of benzene rings is 1. The lowest BCUT2D eigenvalue weighted by molar-refractivity contribution is 0.0474. The Hall–Kier alpha value is -1.02. The minimum atomic E-state index is 0.0829. The Morgan fingerprint density at radius 1 is 1.20 bits per heavy atom. The lowest BCUT2D eigenvalue weighted by Gasteiger charge is -2.35. The maximum Gasteiger partial charge on any atom is 0.123 e. The van der Waals surface area contributed by atoms with Crippen molar-refractivity contribution in [3.63, 3.8) is 0 Å². The highest BCUT2D eigenvalue weighted by Gasteiger charge is 2.41. The molecule has 2 heteroatoms. The van der Waals surface area contributed by atoms with Crippen LogP contribution in [-0.2, 0) is 6.42 Å². The van der Waals surface area contributed by atoms with Gasteiger partial charge in [0.15, 0.2) is 0 Å². The largest absolute Gasteiger partial charge is 0.487 e. The number of ether oxygens (including phenoxy) is 1. The van der Waals surface area contributed by atoms with Gasteiger partial charge >= 0.3 is 0 Å². The lowest BCUT2D eigenvalue weighted by Crippen LogP contribution is -2.42. The first kappa shape index (κ1) is 9.22. The van der Waals surface area contributed by atoms with Gasteiger partial charge in [-0.15, -0.1) is 0 Å². The number of hydrogen-bond donors (Lipinski definition) is 1. The highest BCUT2D eigenvalue weighted by molar-refractivity contribution is 5.39. The molecule has 2 N–H and O–H groups in total. The standard InChI is InChI=1S/C13H17NO/c14-11-5-7-13(8-6-11)9-10-3-1-2-4-12(10)15-13/h1-4,11H,5-9,14H2. The van der Waals surface area contributed by atoms with Gasteiger partial charge in [0.25, 0.3) is 0 Å². The molecule has 0 bridgehead atoms. The minimum Gasteiger partial charge on any atom is -0.487 e. The maximum atomic E-state index is 6.13. The van der Waals surface area contributed by atoms with Crippen LogP contribution in [0.1, 0.15) is 31.2 Å². The van der Waals surface area contributed by atoms with Gasteiger partial charge in [0.2, 0.25) is 0 Å². The second kappa shape index (κ2) is 3.24. The zero-order valence-corrected chi connectivity index (χ0v) is 8.91. The second-order valence-electron chi connectivity index (χ2n) is 4.91. The molecule has 1 aromatic rings. The van der Waals surface area contributed by atoms with E-state index in [1.165, 1.54) is 5.56 Å². The number of nitrogens with two attached hydrogens (primary N) is 1. The fourth-order valence-corrected chi connectivity index (χ4v) is 2.81. The Morgan fingerprint density at radius 3 is 2.67 bits per heavy atom. The quantitative estimate of drug-likeness (QED) is 0.702. The zero-order chi connectivity index (χ0) is 10.3.